The molecule has 0 aliphatic rings. The SMILES string of the molecule is CC(O[Si](C)(C)C(C)(C)C)c1nc(CI)cs1. The number of aromatic nitrogens is 1. The van der Waals surface area contributed by atoms with E-state index in [-0.39, 0.29) is 11.1 Å². The summed E-state index contributed by atoms with van der Waals surface area (Å²) in [4.78, 5) is 4.60. The monoisotopic (exact) mass is 383 g/mol. The van der Waals surface area contributed by atoms with Gasteiger partial charge in [0.05, 0.1) is 11.8 Å². The molecule has 0 spiro atoms. The van der Waals surface area contributed by atoms with E-state index in [0.29, 0.717) is 0 Å². The minimum Gasteiger partial charge on any atom is -0.408 e. The van der Waals surface area contributed by atoms with E-state index < -0.39 is 8.32 Å². The van der Waals surface area contributed by atoms with E-state index >= 15 is 0 Å². The van der Waals surface area contributed by atoms with E-state index in [4.69, 9.17) is 4.43 Å². The maximum absolute atomic E-state index is 6.33. The van der Waals surface area contributed by atoms with Gasteiger partial charge in [-0.05, 0) is 25.1 Å². The first-order valence-electron chi connectivity index (χ1n) is 5.85. The molecule has 0 radical (unpaired) electrons. The summed E-state index contributed by atoms with van der Waals surface area (Å²) in [5.41, 5.74) is 1.16. The normalized spacial score (nSPS) is 15.0. The van der Waals surface area contributed by atoms with Gasteiger partial charge in [-0.2, -0.15) is 0 Å². The molecule has 0 aliphatic carbocycles. The molecule has 1 aromatic heterocycles. The fourth-order valence-corrected chi connectivity index (χ4v) is 4.17. The van der Waals surface area contributed by atoms with Crippen LogP contribution in [-0.2, 0) is 8.85 Å². The molecule has 0 saturated heterocycles. The van der Waals surface area contributed by atoms with Crippen molar-refractivity contribution in [1.29, 1.82) is 0 Å². The second kappa shape index (κ2) is 5.67. The summed E-state index contributed by atoms with van der Waals surface area (Å²) in [5.74, 6) is 0. The Balaban J connectivity index is 2.75. The fourth-order valence-electron chi connectivity index (χ4n) is 1.24. The highest BCUT2D eigenvalue weighted by molar-refractivity contribution is 14.1. The van der Waals surface area contributed by atoms with Gasteiger partial charge >= 0.3 is 0 Å². The van der Waals surface area contributed by atoms with Crippen LogP contribution in [0.15, 0.2) is 5.38 Å². The molecular weight excluding hydrogens is 361 g/mol. The van der Waals surface area contributed by atoms with Gasteiger partial charge in [-0.3, -0.25) is 0 Å². The first-order chi connectivity index (χ1) is 7.67. The molecule has 0 amide bonds. The van der Waals surface area contributed by atoms with Crippen LogP contribution in [0.3, 0.4) is 0 Å². The first kappa shape index (κ1) is 15.6. The van der Waals surface area contributed by atoms with Gasteiger partial charge in [0.15, 0.2) is 8.32 Å². The highest BCUT2D eigenvalue weighted by atomic mass is 127. The van der Waals surface area contributed by atoms with E-state index in [2.05, 4.69) is 73.7 Å². The van der Waals surface area contributed by atoms with Crippen LogP contribution in [0.4, 0.5) is 0 Å². The molecule has 0 bridgehead atoms. The molecule has 5 heteroatoms. The molecule has 0 N–H and O–H groups in total. The van der Waals surface area contributed by atoms with Crippen LogP contribution in [0.25, 0.3) is 0 Å². The zero-order chi connectivity index (χ0) is 13.3. The number of rotatable bonds is 4. The summed E-state index contributed by atoms with van der Waals surface area (Å²) in [6.45, 7) is 13.5. The topological polar surface area (TPSA) is 22.1 Å². The quantitative estimate of drug-likeness (QED) is 0.407. The minimum atomic E-state index is -1.69. The molecule has 17 heavy (non-hydrogen) atoms. The van der Waals surface area contributed by atoms with Crippen LogP contribution in [0.1, 0.15) is 44.5 Å². The highest BCUT2D eigenvalue weighted by Gasteiger charge is 2.39. The number of hydrogen-bond acceptors (Lipinski definition) is 3. The van der Waals surface area contributed by atoms with Gasteiger partial charge in [0.2, 0.25) is 0 Å². The van der Waals surface area contributed by atoms with Crippen molar-refractivity contribution in [3.63, 3.8) is 0 Å². The molecule has 1 rings (SSSR count). The van der Waals surface area contributed by atoms with Gasteiger partial charge in [-0.1, -0.05) is 43.4 Å². The van der Waals surface area contributed by atoms with E-state index in [1.807, 2.05) is 0 Å². The van der Waals surface area contributed by atoms with Crippen molar-refractivity contribution in [2.75, 3.05) is 0 Å². The van der Waals surface area contributed by atoms with Gasteiger partial charge in [-0.25, -0.2) is 4.98 Å². The predicted octanol–water partition coefficient (Wildman–Crippen LogP) is 5.16. The van der Waals surface area contributed by atoms with Crippen LogP contribution >= 0.6 is 33.9 Å². The smallest absolute Gasteiger partial charge is 0.193 e. The standard InChI is InChI=1S/C12H22INOSSi/c1-9(11-14-10(7-13)8-16-11)15-17(5,6)12(2,3)4/h8-9H,7H2,1-6H3. The molecule has 1 atom stereocenters. The van der Waals surface area contributed by atoms with Crippen molar-refractivity contribution < 1.29 is 4.43 Å². The molecule has 1 unspecified atom stereocenters. The molecule has 0 aromatic carbocycles. The fraction of sp³-hybridized carbons (Fsp3) is 0.750. The van der Waals surface area contributed by atoms with Gasteiger partial charge < -0.3 is 4.43 Å². The van der Waals surface area contributed by atoms with Gasteiger partial charge in [-0.15, -0.1) is 11.3 Å². The molecule has 0 aliphatic heterocycles. The lowest BCUT2D eigenvalue weighted by atomic mass is 10.2. The Kier molecular flexibility index (Phi) is 5.20. The predicted molar refractivity (Wildman–Crippen MR) is 86.5 cm³/mol. The first-order valence-corrected chi connectivity index (χ1v) is 11.2. The van der Waals surface area contributed by atoms with Crippen molar-refractivity contribution in [3.05, 3.63) is 16.1 Å². The lowest BCUT2D eigenvalue weighted by molar-refractivity contribution is 0.202. The Morgan fingerprint density at radius 1 is 1.47 bits per heavy atom. The number of hydrogen-bond donors (Lipinski definition) is 0. The number of nitrogens with zero attached hydrogens (tertiary/aromatic N) is 1. The Labute approximate surface area is 123 Å². The summed E-state index contributed by atoms with van der Waals surface area (Å²) < 4.78 is 7.30. The van der Waals surface area contributed by atoms with Crippen LogP contribution in [-0.4, -0.2) is 13.3 Å². The Hall–Kier alpha value is 0.537. The minimum absolute atomic E-state index is 0.123. The van der Waals surface area contributed by atoms with Gasteiger partial charge in [0.1, 0.15) is 5.01 Å². The molecule has 1 heterocycles. The molecular formula is C12H22INOSSi. The zero-order valence-corrected chi connectivity index (χ0v) is 15.5. The average molecular weight is 383 g/mol. The van der Waals surface area contributed by atoms with Crippen LogP contribution in [0.2, 0.25) is 18.1 Å². The Morgan fingerprint density at radius 2 is 2.06 bits per heavy atom. The van der Waals surface area contributed by atoms with E-state index in [1.54, 1.807) is 11.3 Å². The summed E-state index contributed by atoms with van der Waals surface area (Å²) in [6, 6.07) is 0. The summed E-state index contributed by atoms with van der Waals surface area (Å²) in [6.07, 6.45) is 0.123. The molecule has 0 fully saturated rings. The van der Waals surface area contributed by atoms with Crippen molar-refractivity contribution in [1.82, 2.24) is 4.98 Å². The Bertz CT molecular complexity index is 373. The second-order valence-corrected chi connectivity index (χ2v) is 12.2. The van der Waals surface area contributed by atoms with E-state index in [0.717, 1.165) is 15.1 Å². The van der Waals surface area contributed by atoms with Crippen molar-refractivity contribution in [2.45, 2.75) is 56.4 Å². The van der Waals surface area contributed by atoms with Crippen molar-refractivity contribution >= 4 is 42.2 Å². The number of thiazole rings is 1. The van der Waals surface area contributed by atoms with Gasteiger partial charge in [0, 0.05) is 9.81 Å². The van der Waals surface area contributed by atoms with E-state index in [1.165, 1.54) is 0 Å². The molecule has 1 aromatic rings. The lowest BCUT2D eigenvalue weighted by Gasteiger charge is -2.38. The zero-order valence-electron chi connectivity index (χ0n) is 11.5. The summed E-state index contributed by atoms with van der Waals surface area (Å²) in [5, 5.41) is 3.50. The molecule has 0 saturated carbocycles. The molecule has 98 valence electrons. The maximum atomic E-state index is 6.33. The lowest BCUT2D eigenvalue weighted by Crippen LogP contribution is -2.41. The number of halogens is 1. The molecule has 2 nitrogen and oxygen atoms in total. The third-order valence-corrected chi connectivity index (χ3v) is 9.72. The largest absolute Gasteiger partial charge is 0.408 e. The highest BCUT2D eigenvalue weighted by Crippen LogP contribution is 2.39. The van der Waals surface area contributed by atoms with Crippen LogP contribution in [0.5, 0.6) is 0 Å². The van der Waals surface area contributed by atoms with Gasteiger partial charge in [0.25, 0.3) is 0 Å². The van der Waals surface area contributed by atoms with Crippen molar-refractivity contribution in [2.24, 2.45) is 0 Å². The third-order valence-electron chi connectivity index (χ3n) is 3.33. The van der Waals surface area contributed by atoms with E-state index in [9.17, 15) is 0 Å². The number of alkyl halides is 1. The van der Waals surface area contributed by atoms with Crippen molar-refractivity contribution in [3.8, 4) is 0 Å². The maximum Gasteiger partial charge on any atom is 0.193 e. The summed E-state index contributed by atoms with van der Waals surface area (Å²) in [7, 11) is -1.69. The Morgan fingerprint density at radius 3 is 2.47 bits per heavy atom. The van der Waals surface area contributed by atoms with Crippen LogP contribution in [0, 0.1) is 0 Å². The average Bonchev–Trinajstić information content (AvgIpc) is 2.63. The summed E-state index contributed by atoms with van der Waals surface area (Å²) >= 11 is 4.06. The second-order valence-electron chi connectivity index (χ2n) is 5.83. The third kappa shape index (κ3) is 4.01. The van der Waals surface area contributed by atoms with Crippen LogP contribution < -0.4 is 0 Å².